The zero-order chi connectivity index (χ0) is 18.6. The van der Waals surface area contributed by atoms with Gasteiger partial charge < -0.3 is 15.2 Å². The number of fused-ring (bicyclic) bond motifs is 3. The summed E-state index contributed by atoms with van der Waals surface area (Å²) in [6.45, 7) is 0.289. The minimum Gasteiger partial charge on any atom is -0.487 e. The number of amides is 1. The number of nitrogens with zero attached hydrogens (tertiary/aromatic N) is 1. The maximum absolute atomic E-state index is 12.7. The van der Waals surface area contributed by atoms with Crippen LogP contribution >= 0.6 is 0 Å². The van der Waals surface area contributed by atoms with Crippen LogP contribution in [-0.4, -0.2) is 28.6 Å². The average Bonchev–Trinajstić information content (AvgIpc) is 2.73. The zero-order valence-electron chi connectivity index (χ0n) is 14.8. The molecule has 1 aliphatic rings. The number of carbonyl (C=O) groups excluding carboxylic acids is 1. The zero-order valence-corrected chi connectivity index (χ0v) is 14.8. The van der Waals surface area contributed by atoms with Crippen molar-refractivity contribution in [1.29, 1.82) is 0 Å². The van der Waals surface area contributed by atoms with Crippen molar-refractivity contribution in [3.05, 3.63) is 83.7 Å². The van der Waals surface area contributed by atoms with E-state index in [1.165, 1.54) is 0 Å². The van der Waals surface area contributed by atoms with Crippen LogP contribution < -0.4 is 10.1 Å². The molecule has 0 aliphatic carbocycles. The monoisotopic (exact) mass is 360 g/mol. The van der Waals surface area contributed by atoms with E-state index in [1.807, 2.05) is 48.5 Å². The summed E-state index contributed by atoms with van der Waals surface area (Å²) in [5.41, 5.74) is 4.63. The van der Waals surface area contributed by atoms with Crippen LogP contribution in [0.15, 0.2) is 67.0 Å². The van der Waals surface area contributed by atoms with Crippen molar-refractivity contribution in [2.24, 2.45) is 0 Å². The molecule has 1 atom stereocenters. The van der Waals surface area contributed by atoms with Gasteiger partial charge in [-0.1, -0.05) is 36.4 Å². The van der Waals surface area contributed by atoms with Crippen molar-refractivity contribution < 1.29 is 14.6 Å². The van der Waals surface area contributed by atoms with Gasteiger partial charge in [-0.3, -0.25) is 9.78 Å². The molecule has 1 amide bonds. The molecule has 0 radical (unpaired) electrons. The van der Waals surface area contributed by atoms with Crippen LogP contribution in [0.4, 0.5) is 0 Å². The number of aliphatic hydroxyl groups excluding tert-OH is 1. The van der Waals surface area contributed by atoms with Gasteiger partial charge in [-0.15, -0.1) is 0 Å². The quantitative estimate of drug-likeness (QED) is 0.734. The Balaban J connectivity index is 1.51. The molecular weight excluding hydrogens is 340 g/mol. The highest BCUT2D eigenvalue weighted by Gasteiger charge is 2.20. The highest BCUT2D eigenvalue weighted by Crippen LogP contribution is 2.36. The molecule has 136 valence electrons. The highest BCUT2D eigenvalue weighted by molar-refractivity contribution is 5.95. The SMILES string of the molecule is O=C(N[C@H](CO)Cc1ccccc1)c1ccc2c(c1)COc1cnccc1-2. The molecule has 3 aromatic rings. The van der Waals surface area contributed by atoms with Gasteiger partial charge >= 0.3 is 0 Å². The van der Waals surface area contributed by atoms with E-state index in [2.05, 4.69) is 10.3 Å². The van der Waals surface area contributed by atoms with Crippen molar-refractivity contribution in [3.8, 4) is 16.9 Å². The van der Waals surface area contributed by atoms with Crippen LogP contribution in [0.25, 0.3) is 11.1 Å². The lowest BCUT2D eigenvalue weighted by molar-refractivity contribution is 0.0916. The van der Waals surface area contributed by atoms with E-state index in [9.17, 15) is 9.90 Å². The van der Waals surface area contributed by atoms with Crippen molar-refractivity contribution in [3.63, 3.8) is 0 Å². The van der Waals surface area contributed by atoms with Crippen LogP contribution in [-0.2, 0) is 13.0 Å². The highest BCUT2D eigenvalue weighted by atomic mass is 16.5. The van der Waals surface area contributed by atoms with E-state index >= 15 is 0 Å². The molecule has 2 heterocycles. The van der Waals surface area contributed by atoms with Gasteiger partial charge in [0.15, 0.2) is 0 Å². The lowest BCUT2D eigenvalue weighted by atomic mass is 9.96. The summed E-state index contributed by atoms with van der Waals surface area (Å²) < 4.78 is 5.73. The largest absolute Gasteiger partial charge is 0.487 e. The van der Waals surface area contributed by atoms with Crippen LogP contribution in [0, 0.1) is 0 Å². The summed E-state index contributed by atoms with van der Waals surface area (Å²) in [7, 11) is 0. The Morgan fingerprint density at radius 3 is 2.81 bits per heavy atom. The third kappa shape index (κ3) is 3.68. The number of hydrogen-bond acceptors (Lipinski definition) is 4. The lowest BCUT2D eigenvalue weighted by Crippen LogP contribution is -2.39. The third-order valence-corrected chi connectivity index (χ3v) is 4.71. The van der Waals surface area contributed by atoms with Gasteiger partial charge in [0.05, 0.1) is 18.8 Å². The second-order valence-electron chi connectivity index (χ2n) is 6.58. The van der Waals surface area contributed by atoms with E-state index in [1.54, 1.807) is 18.5 Å². The standard InChI is InChI=1S/C22H20N2O3/c25-13-18(10-15-4-2-1-3-5-15)24-22(26)16-6-7-19-17(11-16)14-27-21-12-23-9-8-20(19)21/h1-9,11-12,18,25H,10,13-14H2,(H,24,26)/t18-/m0/s1. The first-order valence-corrected chi connectivity index (χ1v) is 8.90. The number of rotatable bonds is 5. The van der Waals surface area contributed by atoms with E-state index < -0.39 is 0 Å². The molecular formula is C22H20N2O3. The predicted octanol–water partition coefficient (Wildman–Crippen LogP) is 2.97. The van der Waals surface area contributed by atoms with Crippen molar-refractivity contribution >= 4 is 5.91 Å². The van der Waals surface area contributed by atoms with Crippen molar-refractivity contribution in [2.75, 3.05) is 6.61 Å². The maximum atomic E-state index is 12.7. The van der Waals surface area contributed by atoms with E-state index in [-0.39, 0.29) is 18.6 Å². The molecule has 0 bridgehead atoms. The molecule has 2 aromatic carbocycles. The smallest absolute Gasteiger partial charge is 0.251 e. The molecule has 1 aromatic heterocycles. The topological polar surface area (TPSA) is 71.5 Å². The number of benzene rings is 2. The first kappa shape index (κ1) is 17.2. The Morgan fingerprint density at radius 2 is 2.00 bits per heavy atom. The molecule has 0 fully saturated rings. The normalized spacial score (nSPS) is 13.1. The number of carbonyl (C=O) groups is 1. The van der Waals surface area contributed by atoms with Gasteiger partial charge in [-0.2, -0.15) is 0 Å². The fraction of sp³-hybridized carbons (Fsp3) is 0.182. The van der Waals surface area contributed by atoms with Gasteiger partial charge in [-0.05, 0) is 41.3 Å². The molecule has 0 saturated heterocycles. The minimum atomic E-state index is -0.334. The first-order valence-electron chi connectivity index (χ1n) is 8.90. The van der Waals surface area contributed by atoms with E-state index in [4.69, 9.17) is 4.74 Å². The van der Waals surface area contributed by atoms with Crippen LogP contribution in [0.5, 0.6) is 5.75 Å². The molecule has 1 aliphatic heterocycles. The van der Waals surface area contributed by atoms with Crippen LogP contribution in [0.3, 0.4) is 0 Å². The Morgan fingerprint density at radius 1 is 1.15 bits per heavy atom. The number of nitrogens with one attached hydrogen (secondary N) is 1. The molecule has 4 rings (SSSR count). The fourth-order valence-corrected chi connectivity index (χ4v) is 3.32. The van der Waals surface area contributed by atoms with E-state index in [0.717, 1.165) is 28.0 Å². The van der Waals surface area contributed by atoms with Gasteiger partial charge in [-0.25, -0.2) is 0 Å². The molecule has 5 heteroatoms. The number of aliphatic hydroxyl groups is 1. The minimum absolute atomic E-state index is 0.116. The number of aromatic nitrogens is 1. The fourth-order valence-electron chi connectivity index (χ4n) is 3.32. The summed E-state index contributed by atoms with van der Waals surface area (Å²) in [5.74, 6) is 0.554. The lowest BCUT2D eigenvalue weighted by Gasteiger charge is -2.21. The maximum Gasteiger partial charge on any atom is 0.251 e. The second kappa shape index (κ2) is 7.60. The summed E-state index contributed by atoms with van der Waals surface area (Å²) >= 11 is 0. The van der Waals surface area contributed by atoms with Crippen LogP contribution in [0.1, 0.15) is 21.5 Å². The van der Waals surface area contributed by atoms with Gasteiger partial charge in [0.1, 0.15) is 12.4 Å². The van der Waals surface area contributed by atoms with Crippen molar-refractivity contribution in [2.45, 2.75) is 19.1 Å². The summed E-state index contributed by atoms with van der Waals surface area (Å²) in [5, 5.41) is 12.6. The first-order chi connectivity index (χ1) is 13.2. The Kier molecular flexibility index (Phi) is 4.85. The second-order valence-corrected chi connectivity index (χ2v) is 6.58. The number of hydrogen-bond donors (Lipinski definition) is 2. The van der Waals surface area contributed by atoms with Crippen LogP contribution in [0.2, 0.25) is 0 Å². The van der Waals surface area contributed by atoms with Gasteiger partial charge in [0, 0.05) is 17.3 Å². The molecule has 5 nitrogen and oxygen atoms in total. The Bertz CT molecular complexity index is 957. The number of ether oxygens (including phenoxy) is 1. The molecule has 27 heavy (non-hydrogen) atoms. The van der Waals surface area contributed by atoms with Crippen molar-refractivity contribution in [1.82, 2.24) is 10.3 Å². The summed E-state index contributed by atoms with van der Waals surface area (Å²) in [4.78, 5) is 16.7. The Labute approximate surface area is 157 Å². The van der Waals surface area contributed by atoms with E-state index in [0.29, 0.717) is 18.6 Å². The summed E-state index contributed by atoms with van der Waals surface area (Å²) in [6.07, 6.45) is 4.01. The molecule has 2 N–H and O–H groups in total. The molecule has 0 unspecified atom stereocenters. The Hall–Kier alpha value is -3.18. The average molecular weight is 360 g/mol. The molecule has 0 saturated carbocycles. The predicted molar refractivity (Wildman–Crippen MR) is 102 cm³/mol. The third-order valence-electron chi connectivity index (χ3n) is 4.71. The van der Waals surface area contributed by atoms with Gasteiger partial charge in [0.25, 0.3) is 5.91 Å². The summed E-state index contributed by atoms with van der Waals surface area (Å²) in [6, 6.07) is 17.0. The number of pyridine rings is 1. The van der Waals surface area contributed by atoms with Gasteiger partial charge in [0.2, 0.25) is 0 Å². The molecule has 0 spiro atoms.